The van der Waals surface area contributed by atoms with Gasteiger partial charge in [-0.2, -0.15) is 0 Å². The predicted molar refractivity (Wildman–Crippen MR) is 117 cm³/mol. The quantitative estimate of drug-likeness (QED) is 0.643. The third-order valence-corrected chi connectivity index (χ3v) is 5.02. The zero-order chi connectivity index (χ0) is 21.6. The summed E-state index contributed by atoms with van der Waals surface area (Å²) in [6, 6.07) is 13.4. The molecule has 4 rings (SSSR count). The van der Waals surface area contributed by atoms with Crippen LogP contribution in [0.2, 0.25) is 0 Å². The highest BCUT2D eigenvalue weighted by Crippen LogP contribution is 2.11. The summed E-state index contributed by atoms with van der Waals surface area (Å²) < 4.78 is 13.2. The number of hydrogen-bond donors (Lipinski definition) is 1. The van der Waals surface area contributed by atoms with Gasteiger partial charge in [-0.3, -0.25) is 19.5 Å². The van der Waals surface area contributed by atoms with Crippen molar-refractivity contribution in [3.63, 3.8) is 0 Å². The molecule has 2 aromatic carbocycles. The number of hydrogen-bond acceptors (Lipinski definition) is 5. The number of anilines is 1. The molecule has 0 aliphatic carbocycles. The van der Waals surface area contributed by atoms with E-state index in [1.807, 2.05) is 29.2 Å². The molecule has 1 aliphatic heterocycles. The number of rotatable bonds is 5. The average Bonchev–Trinajstić information content (AvgIpc) is 2.78. The summed E-state index contributed by atoms with van der Waals surface area (Å²) in [5.74, 6) is -0.702. The predicted octanol–water partition coefficient (Wildman–Crippen LogP) is 2.57. The standard InChI is InChI=1S/C23H22FN5O2/c24-17-4-3-5-18(14-17)27-22(30)16-28-10-12-29(13-11-28)23(31)9-8-19-15-25-20-6-1-2-7-21(20)26-19/h1-9,14-15H,10-13,16H2,(H,27,30)/b9-8+. The van der Waals surface area contributed by atoms with Crippen molar-refractivity contribution in [2.45, 2.75) is 0 Å². The Morgan fingerprint density at radius 3 is 2.58 bits per heavy atom. The van der Waals surface area contributed by atoms with Gasteiger partial charge in [-0.05, 0) is 36.4 Å². The smallest absolute Gasteiger partial charge is 0.246 e. The second kappa shape index (κ2) is 9.44. The molecule has 0 spiro atoms. The van der Waals surface area contributed by atoms with E-state index in [9.17, 15) is 14.0 Å². The lowest BCUT2D eigenvalue weighted by Crippen LogP contribution is -2.50. The van der Waals surface area contributed by atoms with Crippen LogP contribution < -0.4 is 5.32 Å². The molecular weight excluding hydrogens is 397 g/mol. The Bertz CT molecular complexity index is 1130. The lowest BCUT2D eigenvalue weighted by atomic mass is 10.2. The summed E-state index contributed by atoms with van der Waals surface area (Å²) in [5, 5.41) is 2.69. The Hall–Kier alpha value is -3.65. The maximum atomic E-state index is 13.2. The molecule has 0 radical (unpaired) electrons. The molecule has 31 heavy (non-hydrogen) atoms. The maximum absolute atomic E-state index is 13.2. The molecule has 1 aliphatic rings. The van der Waals surface area contributed by atoms with E-state index >= 15 is 0 Å². The van der Waals surface area contributed by atoms with Crippen LogP contribution in [0.15, 0.2) is 60.8 Å². The van der Waals surface area contributed by atoms with E-state index in [1.165, 1.54) is 18.2 Å². The van der Waals surface area contributed by atoms with E-state index < -0.39 is 5.82 Å². The van der Waals surface area contributed by atoms with Crippen LogP contribution >= 0.6 is 0 Å². The summed E-state index contributed by atoms with van der Waals surface area (Å²) in [7, 11) is 0. The zero-order valence-corrected chi connectivity index (χ0v) is 16.9. The first-order chi connectivity index (χ1) is 15.1. The van der Waals surface area contributed by atoms with Crippen molar-refractivity contribution in [3.05, 3.63) is 72.3 Å². The van der Waals surface area contributed by atoms with Gasteiger partial charge in [-0.25, -0.2) is 9.37 Å². The monoisotopic (exact) mass is 419 g/mol. The number of aromatic nitrogens is 2. The minimum atomic E-state index is -0.396. The third-order valence-electron chi connectivity index (χ3n) is 5.02. The molecule has 1 saturated heterocycles. The molecule has 3 aromatic rings. The number of carbonyl (C=O) groups is 2. The molecule has 7 nitrogen and oxygen atoms in total. The van der Waals surface area contributed by atoms with E-state index in [4.69, 9.17) is 0 Å². The number of para-hydroxylation sites is 2. The molecule has 0 atom stereocenters. The fraction of sp³-hybridized carbons (Fsp3) is 0.217. The van der Waals surface area contributed by atoms with Crippen LogP contribution in [0.4, 0.5) is 10.1 Å². The van der Waals surface area contributed by atoms with Gasteiger partial charge in [0, 0.05) is 37.9 Å². The molecule has 0 unspecified atom stereocenters. The van der Waals surface area contributed by atoms with E-state index in [0.717, 1.165) is 11.0 Å². The summed E-state index contributed by atoms with van der Waals surface area (Å²) in [5.41, 5.74) is 2.64. The highest BCUT2D eigenvalue weighted by Gasteiger charge is 2.21. The summed E-state index contributed by atoms with van der Waals surface area (Å²) in [6.07, 6.45) is 4.81. The number of fused-ring (bicyclic) bond motifs is 1. The molecular formula is C23H22FN5O2. The van der Waals surface area contributed by atoms with Gasteiger partial charge in [0.05, 0.1) is 29.5 Å². The second-order valence-corrected chi connectivity index (χ2v) is 7.28. The molecule has 2 amide bonds. The molecule has 158 valence electrons. The highest BCUT2D eigenvalue weighted by atomic mass is 19.1. The van der Waals surface area contributed by atoms with Crippen LogP contribution in [0, 0.1) is 5.82 Å². The Labute approximate surface area is 179 Å². The van der Waals surface area contributed by atoms with Crippen molar-refractivity contribution < 1.29 is 14.0 Å². The van der Waals surface area contributed by atoms with E-state index in [0.29, 0.717) is 37.6 Å². The second-order valence-electron chi connectivity index (χ2n) is 7.28. The Morgan fingerprint density at radius 2 is 1.81 bits per heavy atom. The zero-order valence-electron chi connectivity index (χ0n) is 16.9. The van der Waals surface area contributed by atoms with Gasteiger partial charge in [0.15, 0.2) is 0 Å². The lowest BCUT2D eigenvalue weighted by Gasteiger charge is -2.33. The first-order valence-electron chi connectivity index (χ1n) is 10.0. The minimum absolute atomic E-state index is 0.0983. The fourth-order valence-electron chi connectivity index (χ4n) is 3.41. The molecule has 8 heteroatoms. The summed E-state index contributed by atoms with van der Waals surface area (Å²) in [4.78, 5) is 37.2. The summed E-state index contributed by atoms with van der Waals surface area (Å²) in [6.45, 7) is 2.43. The van der Waals surface area contributed by atoms with Crippen LogP contribution in [0.3, 0.4) is 0 Å². The van der Waals surface area contributed by atoms with Crippen molar-refractivity contribution in [1.82, 2.24) is 19.8 Å². The first kappa shape index (κ1) is 20.6. The molecule has 1 aromatic heterocycles. The van der Waals surface area contributed by atoms with Gasteiger partial charge >= 0.3 is 0 Å². The van der Waals surface area contributed by atoms with Gasteiger partial charge < -0.3 is 10.2 Å². The number of nitrogens with zero attached hydrogens (tertiary/aromatic N) is 4. The molecule has 0 saturated carbocycles. The van der Waals surface area contributed by atoms with Gasteiger partial charge in [0.1, 0.15) is 5.82 Å². The van der Waals surface area contributed by atoms with Crippen molar-refractivity contribution in [1.29, 1.82) is 0 Å². The van der Waals surface area contributed by atoms with E-state index in [-0.39, 0.29) is 18.4 Å². The van der Waals surface area contributed by atoms with Crippen LogP contribution in [-0.4, -0.2) is 64.3 Å². The van der Waals surface area contributed by atoms with Crippen molar-refractivity contribution in [2.24, 2.45) is 0 Å². The Balaban J connectivity index is 1.26. The fourth-order valence-corrected chi connectivity index (χ4v) is 3.41. The number of amides is 2. The molecule has 2 heterocycles. The van der Waals surface area contributed by atoms with Crippen LogP contribution in [0.25, 0.3) is 17.1 Å². The minimum Gasteiger partial charge on any atom is -0.337 e. The van der Waals surface area contributed by atoms with Crippen LogP contribution in [0.1, 0.15) is 5.69 Å². The number of piperazine rings is 1. The number of carbonyl (C=O) groups excluding carboxylic acids is 2. The number of halogens is 1. The normalized spacial score (nSPS) is 14.8. The maximum Gasteiger partial charge on any atom is 0.246 e. The molecule has 0 bridgehead atoms. The highest BCUT2D eigenvalue weighted by molar-refractivity contribution is 5.93. The van der Waals surface area contributed by atoms with Crippen LogP contribution in [-0.2, 0) is 9.59 Å². The third kappa shape index (κ3) is 5.49. The van der Waals surface area contributed by atoms with E-state index in [2.05, 4.69) is 15.3 Å². The molecule has 1 N–H and O–H groups in total. The van der Waals surface area contributed by atoms with Gasteiger partial charge in [-0.1, -0.05) is 18.2 Å². The lowest BCUT2D eigenvalue weighted by molar-refractivity contribution is -0.127. The average molecular weight is 419 g/mol. The number of benzene rings is 2. The SMILES string of the molecule is O=C(CN1CCN(C(=O)/C=C/c2cnc3ccccc3n2)CC1)Nc1cccc(F)c1. The van der Waals surface area contributed by atoms with Gasteiger partial charge in [0.25, 0.3) is 0 Å². The topological polar surface area (TPSA) is 78.4 Å². The van der Waals surface area contributed by atoms with E-state index in [1.54, 1.807) is 29.3 Å². The largest absolute Gasteiger partial charge is 0.337 e. The first-order valence-corrected chi connectivity index (χ1v) is 10.0. The summed E-state index contributed by atoms with van der Waals surface area (Å²) >= 11 is 0. The van der Waals surface area contributed by atoms with Crippen LogP contribution in [0.5, 0.6) is 0 Å². The Kier molecular flexibility index (Phi) is 6.28. The Morgan fingerprint density at radius 1 is 1.03 bits per heavy atom. The molecule has 1 fully saturated rings. The van der Waals surface area contributed by atoms with Crippen molar-refractivity contribution in [2.75, 3.05) is 38.0 Å². The van der Waals surface area contributed by atoms with Crippen molar-refractivity contribution in [3.8, 4) is 0 Å². The van der Waals surface area contributed by atoms with Gasteiger partial charge in [-0.15, -0.1) is 0 Å². The van der Waals surface area contributed by atoms with Gasteiger partial charge in [0.2, 0.25) is 11.8 Å². The van der Waals surface area contributed by atoms with Crippen molar-refractivity contribution >= 4 is 34.6 Å². The number of nitrogens with one attached hydrogen (secondary N) is 1.